The van der Waals surface area contributed by atoms with Crippen molar-refractivity contribution in [3.05, 3.63) is 66.6 Å². The average Bonchev–Trinajstić information content (AvgIpc) is 2.68. The lowest BCUT2D eigenvalue weighted by atomic mass is 10.2. The van der Waals surface area contributed by atoms with E-state index in [2.05, 4.69) is 9.97 Å². The van der Waals surface area contributed by atoms with Crippen molar-refractivity contribution in [1.29, 1.82) is 0 Å². The number of amides is 1. The fourth-order valence-corrected chi connectivity index (χ4v) is 3.58. The number of nitrogens with one attached hydrogen (secondary N) is 1. The number of aromatic nitrogens is 2. The number of H-pyrrole nitrogens is 1. The molecule has 3 rings (SSSR count). The molecule has 0 saturated heterocycles. The Balaban J connectivity index is 1.77. The molecule has 0 atom stereocenters. The minimum absolute atomic E-state index is 0.114. The van der Waals surface area contributed by atoms with Crippen LogP contribution >= 0.6 is 46.4 Å². The zero-order chi connectivity index (χ0) is 21.8. The van der Waals surface area contributed by atoms with Gasteiger partial charge in [0.15, 0.2) is 6.61 Å². The van der Waals surface area contributed by atoms with Crippen molar-refractivity contribution in [3.63, 3.8) is 0 Å². The molecule has 0 aliphatic rings. The van der Waals surface area contributed by atoms with Crippen molar-refractivity contribution in [2.75, 3.05) is 13.2 Å². The molecule has 2 aromatic carbocycles. The SMILES string of the molecule is CCCN(Cc1nc2cc(Cl)ccc2c(=O)[nH]1)C(=O)COc1cc(Cl)c(Cl)cc1Cl. The number of aromatic amines is 1. The van der Waals surface area contributed by atoms with Crippen LogP contribution in [0.5, 0.6) is 5.75 Å². The Kier molecular flexibility index (Phi) is 7.47. The van der Waals surface area contributed by atoms with Gasteiger partial charge >= 0.3 is 0 Å². The van der Waals surface area contributed by atoms with E-state index in [4.69, 9.17) is 51.1 Å². The third kappa shape index (κ3) is 5.38. The molecule has 0 bridgehead atoms. The molecule has 0 aliphatic heterocycles. The molecule has 1 aromatic heterocycles. The lowest BCUT2D eigenvalue weighted by molar-refractivity contribution is -0.134. The van der Waals surface area contributed by atoms with E-state index in [1.807, 2.05) is 6.92 Å². The number of ether oxygens (including phenoxy) is 1. The van der Waals surface area contributed by atoms with E-state index in [1.54, 1.807) is 23.1 Å². The molecule has 1 N–H and O–H groups in total. The van der Waals surface area contributed by atoms with Gasteiger partial charge in [-0.2, -0.15) is 0 Å². The number of hydrogen-bond donors (Lipinski definition) is 1. The van der Waals surface area contributed by atoms with Crippen molar-refractivity contribution in [3.8, 4) is 5.75 Å². The van der Waals surface area contributed by atoms with Crippen LogP contribution in [0.2, 0.25) is 20.1 Å². The van der Waals surface area contributed by atoms with Crippen LogP contribution in [0.3, 0.4) is 0 Å². The summed E-state index contributed by atoms with van der Waals surface area (Å²) in [5.74, 6) is 0.305. The van der Waals surface area contributed by atoms with E-state index in [0.717, 1.165) is 0 Å². The number of carbonyl (C=O) groups excluding carboxylic acids is 1. The highest BCUT2D eigenvalue weighted by atomic mass is 35.5. The number of halogens is 4. The van der Waals surface area contributed by atoms with Crippen LogP contribution in [-0.2, 0) is 11.3 Å². The van der Waals surface area contributed by atoms with Gasteiger partial charge in [0.1, 0.15) is 11.6 Å². The number of carbonyl (C=O) groups is 1. The topological polar surface area (TPSA) is 75.3 Å². The van der Waals surface area contributed by atoms with Crippen LogP contribution in [0.15, 0.2) is 35.1 Å². The van der Waals surface area contributed by atoms with Gasteiger partial charge in [0.2, 0.25) is 0 Å². The van der Waals surface area contributed by atoms with Crippen LogP contribution in [0.4, 0.5) is 0 Å². The predicted octanol–water partition coefficient (Wildman–Crippen LogP) is 5.35. The highest BCUT2D eigenvalue weighted by Crippen LogP contribution is 2.33. The van der Waals surface area contributed by atoms with Crippen LogP contribution in [-0.4, -0.2) is 33.9 Å². The zero-order valence-corrected chi connectivity index (χ0v) is 18.9. The molecule has 0 spiro atoms. The lowest BCUT2D eigenvalue weighted by Crippen LogP contribution is -2.36. The van der Waals surface area contributed by atoms with Gasteiger partial charge in [-0.3, -0.25) is 9.59 Å². The lowest BCUT2D eigenvalue weighted by Gasteiger charge is -2.22. The zero-order valence-electron chi connectivity index (χ0n) is 15.8. The Labute approximate surface area is 192 Å². The summed E-state index contributed by atoms with van der Waals surface area (Å²) >= 11 is 24.0. The Bertz CT molecular complexity index is 1150. The number of benzene rings is 2. The van der Waals surface area contributed by atoms with Crippen LogP contribution in [0.1, 0.15) is 19.2 Å². The fraction of sp³-hybridized carbons (Fsp3) is 0.250. The summed E-state index contributed by atoms with van der Waals surface area (Å²) in [6.45, 7) is 2.24. The van der Waals surface area contributed by atoms with Gasteiger partial charge in [-0.05, 0) is 30.7 Å². The van der Waals surface area contributed by atoms with E-state index in [0.29, 0.717) is 39.7 Å². The van der Waals surface area contributed by atoms with Crippen molar-refractivity contribution in [2.24, 2.45) is 0 Å². The third-order valence-corrected chi connectivity index (χ3v) is 5.48. The summed E-state index contributed by atoms with van der Waals surface area (Å²) in [6.07, 6.45) is 0.711. The maximum atomic E-state index is 12.7. The molecule has 3 aromatic rings. The fourth-order valence-electron chi connectivity index (χ4n) is 2.82. The number of fused-ring (bicyclic) bond motifs is 1. The molecule has 10 heteroatoms. The average molecular weight is 489 g/mol. The summed E-state index contributed by atoms with van der Waals surface area (Å²) in [5.41, 5.74) is 0.165. The molecule has 0 aliphatic carbocycles. The Hall–Kier alpha value is -1.99. The maximum absolute atomic E-state index is 12.7. The minimum atomic E-state index is -0.298. The van der Waals surface area contributed by atoms with E-state index in [-0.39, 0.29) is 40.4 Å². The maximum Gasteiger partial charge on any atom is 0.260 e. The summed E-state index contributed by atoms with van der Waals surface area (Å²) in [6, 6.07) is 7.74. The van der Waals surface area contributed by atoms with Crippen LogP contribution < -0.4 is 10.3 Å². The van der Waals surface area contributed by atoms with E-state index in [9.17, 15) is 9.59 Å². The first kappa shape index (κ1) is 22.7. The van der Waals surface area contributed by atoms with E-state index in [1.165, 1.54) is 12.1 Å². The van der Waals surface area contributed by atoms with Crippen LogP contribution in [0, 0.1) is 0 Å². The Morgan fingerprint density at radius 2 is 1.83 bits per heavy atom. The summed E-state index contributed by atoms with van der Waals surface area (Å²) in [4.78, 5) is 33.7. The second kappa shape index (κ2) is 9.88. The first-order chi connectivity index (χ1) is 14.3. The van der Waals surface area contributed by atoms with Crippen molar-refractivity contribution in [2.45, 2.75) is 19.9 Å². The third-order valence-electron chi connectivity index (χ3n) is 4.23. The molecular formula is C20H17Cl4N3O3. The first-order valence-corrected chi connectivity index (χ1v) is 10.5. The van der Waals surface area contributed by atoms with Gasteiger partial charge in [0.05, 0.1) is 32.5 Å². The van der Waals surface area contributed by atoms with Gasteiger partial charge < -0.3 is 14.6 Å². The standard InChI is InChI=1S/C20H17Cl4N3O3/c1-2-5-27(19(28)10-30-17-8-14(23)13(22)7-15(17)24)9-18-25-16-6-11(21)3-4-12(16)20(29)26-18/h3-4,6-8H,2,5,9-10H2,1H3,(H,25,26,29). The molecule has 1 heterocycles. The Morgan fingerprint density at radius 1 is 1.10 bits per heavy atom. The summed E-state index contributed by atoms with van der Waals surface area (Å²) in [7, 11) is 0. The molecule has 0 radical (unpaired) electrons. The summed E-state index contributed by atoms with van der Waals surface area (Å²) < 4.78 is 5.53. The molecule has 0 fully saturated rings. The number of rotatable bonds is 7. The molecule has 30 heavy (non-hydrogen) atoms. The second-order valence-corrected chi connectivity index (χ2v) is 8.13. The van der Waals surface area contributed by atoms with Crippen molar-refractivity contribution >= 4 is 63.2 Å². The van der Waals surface area contributed by atoms with E-state index < -0.39 is 0 Å². The quantitative estimate of drug-likeness (QED) is 0.454. The monoisotopic (exact) mass is 487 g/mol. The Morgan fingerprint density at radius 3 is 2.57 bits per heavy atom. The highest BCUT2D eigenvalue weighted by molar-refractivity contribution is 6.43. The van der Waals surface area contributed by atoms with Crippen LogP contribution in [0.25, 0.3) is 10.9 Å². The molecule has 1 amide bonds. The minimum Gasteiger partial charge on any atom is -0.482 e. The van der Waals surface area contributed by atoms with Gasteiger partial charge in [-0.15, -0.1) is 0 Å². The van der Waals surface area contributed by atoms with Crippen molar-refractivity contribution < 1.29 is 9.53 Å². The molecule has 0 unspecified atom stereocenters. The smallest absolute Gasteiger partial charge is 0.260 e. The molecule has 0 saturated carbocycles. The predicted molar refractivity (Wildman–Crippen MR) is 120 cm³/mol. The second-order valence-electron chi connectivity index (χ2n) is 6.47. The van der Waals surface area contributed by atoms with Gasteiger partial charge in [0, 0.05) is 17.6 Å². The van der Waals surface area contributed by atoms with Gasteiger partial charge in [0.25, 0.3) is 11.5 Å². The molecule has 158 valence electrons. The highest BCUT2D eigenvalue weighted by Gasteiger charge is 2.17. The molecule has 6 nitrogen and oxygen atoms in total. The number of hydrogen-bond acceptors (Lipinski definition) is 4. The largest absolute Gasteiger partial charge is 0.482 e. The first-order valence-electron chi connectivity index (χ1n) is 9.02. The van der Waals surface area contributed by atoms with E-state index >= 15 is 0 Å². The van der Waals surface area contributed by atoms with Gasteiger partial charge in [-0.1, -0.05) is 53.3 Å². The normalized spacial score (nSPS) is 11.0. The summed E-state index contributed by atoms with van der Waals surface area (Å²) in [5, 5.41) is 1.70. The molecular weight excluding hydrogens is 472 g/mol. The van der Waals surface area contributed by atoms with Gasteiger partial charge in [-0.25, -0.2) is 4.98 Å². The van der Waals surface area contributed by atoms with Crippen molar-refractivity contribution in [1.82, 2.24) is 14.9 Å². The number of nitrogens with zero attached hydrogens (tertiary/aromatic N) is 2.